The normalized spacial score (nSPS) is 16.4. The molecule has 0 spiro atoms. The molecule has 1 aliphatic heterocycles. The number of nitrogens with zero attached hydrogens (tertiary/aromatic N) is 3. The van der Waals surface area contributed by atoms with Gasteiger partial charge in [-0.3, -0.25) is 4.79 Å². The van der Waals surface area contributed by atoms with Gasteiger partial charge in [0, 0.05) is 41.2 Å². The van der Waals surface area contributed by atoms with E-state index in [0.29, 0.717) is 12.5 Å². The van der Waals surface area contributed by atoms with E-state index >= 15 is 0 Å². The second kappa shape index (κ2) is 8.92. The molecule has 0 aliphatic carbocycles. The van der Waals surface area contributed by atoms with Crippen molar-refractivity contribution in [2.45, 2.75) is 19.8 Å². The molecule has 4 rings (SSSR count). The van der Waals surface area contributed by atoms with E-state index in [0.717, 1.165) is 46.2 Å². The maximum Gasteiger partial charge on any atom is 0.229 e. The molecule has 1 N–H and O–H groups in total. The highest BCUT2D eigenvalue weighted by Gasteiger charge is 2.27. The number of aryl methyl sites for hydroxylation is 1. The van der Waals surface area contributed by atoms with Gasteiger partial charge in [0.1, 0.15) is 5.82 Å². The van der Waals surface area contributed by atoms with Crippen LogP contribution in [0.2, 0.25) is 0 Å². The van der Waals surface area contributed by atoms with Crippen LogP contribution in [0.25, 0.3) is 11.1 Å². The molecule has 2 heterocycles. The Morgan fingerprint density at radius 3 is 2.57 bits per heavy atom. The van der Waals surface area contributed by atoms with Gasteiger partial charge < -0.3 is 10.2 Å². The molecule has 0 bridgehead atoms. The van der Waals surface area contributed by atoms with Crippen LogP contribution in [0.5, 0.6) is 0 Å². The summed E-state index contributed by atoms with van der Waals surface area (Å²) in [5.74, 6) is 0.234. The fourth-order valence-electron chi connectivity index (χ4n) is 3.62. The molecule has 7 heteroatoms. The van der Waals surface area contributed by atoms with Gasteiger partial charge in [0.25, 0.3) is 0 Å². The van der Waals surface area contributed by atoms with Crippen molar-refractivity contribution in [1.82, 2.24) is 9.97 Å². The van der Waals surface area contributed by atoms with Crippen molar-refractivity contribution in [3.63, 3.8) is 0 Å². The third-order valence-electron chi connectivity index (χ3n) is 5.32. The zero-order chi connectivity index (χ0) is 21.1. The van der Waals surface area contributed by atoms with Gasteiger partial charge in [0.2, 0.25) is 11.9 Å². The van der Waals surface area contributed by atoms with Crippen LogP contribution in [0.1, 0.15) is 18.4 Å². The van der Waals surface area contributed by atoms with Crippen LogP contribution in [0, 0.1) is 18.7 Å². The summed E-state index contributed by atoms with van der Waals surface area (Å²) >= 11 is 3.48. The van der Waals surface area contributed by atoms with E-state index in [-0.39, 0.29) is 17.6 Å². The minimum Gasteiger partial charge on any atom is -0.340 e. The second-order valence-electron chi connectivity index (χ2n) is 7.52. The number of carbonyl (C=O) groups excluding carboxylic acids is 1. The fourth-order valence-corrected chi connectivity index (χ4v) is 3.86. The lowest BCUT2D eigenvalue weighted by Gasteiger charge is -2.32. The third kappa shape index (κ3) is 4.67. The summed E-state index contributed by atoms with van der Waals surface area (Å²) < 4.78 is 14.1. The number of anilines is 2. The van der Waals surface area contributed by atoms with Gasteiger partial charge in [-0.05, 0) is 61.2 Å². The molecule has 0 saturated carbocycles. The van der Waals surface area contributed by atoms with E-state index in [1.807, 2.05) is 25.1 Å². The highest BCUT2D eigenvalue weighted by molar-refractivity contribution is 9.10. The average Bonchev–Trinajstić information content (AvgIpc) is 2.77. The number of aromatic nitrogens is 2. The van der Waals surface area contributed by atoms with E-state index in [1.54, 1.807) is 24.5 Å². The van der Waals surface area contributed by atoms with Gasteiger partial charge in [0.05, 0.1) is 5.92 Å². The summed E-state index contributed by atoms with van der Waals surface area (Å²) in [5, 5.41) is 3.03. The Labute approximate surface area is 183 Å². The number of rotatable bonds is 4. The molecule has 2 aromatic carbocycles. The van der Waals surface area contributed by atoms with Crippen LogP contribution in [0.4, 0.5) is 16.0 Å². The Kier molecular flexibility index (Phi) is 6.08. The molecule has 5 nitrogen and oxygen atoms in total. The first-order chi connectivity index (χ1) is 14.5. The summed E-state index contributed by atoms with van der Waals surface area (Å²) in [6.07, 6.45) is 5.22. The van der Waals surface area contributed by atoms with Crippen molar-refractivity contribution in [2.75, 3.05) is 23.3 Å². The summed E-state index contributed by atoms with van der Waals surface area (Å²) in [5.41, 5.74) is 3.57. The molecule has 1 saturated heterocycles. The Hall–Kier alpha value is -2.80. The van der Waals surface area contributed by atoms with Gasteiger partial charge in [0.15, 0.2) is 0 Å². The number of carbonyl (C=O) groups is 1. The van der Waals surface area contributed by atoms with Crippen LogP contribution >= 0.6 is 15.9 Å². The number of nitrogens with one attached hydrogen (secondary N) is 1. The maximum atomic E-state index is 13.1. The molecule has 1 aromatic heterocycles. The van der Waals surface area contributed by atoms with Gasteiger partial charge in [-0.1, -0.05) is 28.1 Å². The summed E-state index contributed by atoms with van der Waals surface area (Å²) in [6.45, 7) is 3.39. The largest absolute Gasteiger partial charge is 0.340 e. The molecular formula is C23H22BrFN4O. The lowest BCUT2D eigenvalue weighted by Crippen LogP contribution is -2.41. The highest BCUT2D eigenvalue weighted by Crippen LogP contribution is 2.25. The molecule has 0 radical (unpaired) electrons. The van der Waals surface area contributed by atoms with E-state index in [4.69, 9.17) is 0 Å². The minimum absolute atomic E-state index is 0.0179. The monoisotopic (exact) mass is 468 g/mol. The van der Waals surface area contributed by atoms with E-state index < -0.39 is 0 Å². The summed E-state index contributed by atoms with van der Waals surface area (Å²) in [7, 11) is 0. The quantitative estimate of drug-likeness (QED) is 0.570. The zero-order valence-corrected chi connectivity index (χ0v) is 18.2. The number of amides is 1. The van der Waals surface area contributed by atoms with Crippen molar-refractivity contribution >= 4 is 33.5 Å². The number of hydrogen-bond acceptors (Lipinski definition) is 4. The van der Waals surface area contributed by atoms with Crippen molar-refractivity contribution in [3.8, 4) is 11.1 Å². The molecule has 3 aromatic rings. The van der Waals surface area contributed by atoms with Crippen LogP contribution in [0.3, 0.4) is 0 Å². The number of piperidine rings is 1. The third-order valence-corrected chi connectivity index (χ3v) is 6.21. The Bertz CT molecular complexity index is 1040. The summed E-state index contributed by atoms with van der Waals surface area (Å²) in [4.78, 5) is 23.8. The molecule has 1 unspecified atom stereocenters. The van der Waals surface area contributed by atoms with Gasteiger partial charge in [-0.15, -0.1) is 0 Å². The number of halogens is 2. The van der Waals surface area contributed by atoms with E-state index in [2.05, 4.69) is 36.1 Å². The SMILES string of the molecule is Cc1cc(NC(=O)C2CCCN(c3ncc(-c4ccc(F)cc4)cn3)C2)ccc1Br. The molecule has 1 atom stereocenters. The molecule has 1 fully saturated rings. The van der Waals surface area contributed by atoms with Crippen molar-refractivity contribution < 1.29 is 9.18 Å². The van der Waals surface area contributed by atoms with E-state index in [1.165, 1.54) is 12.1 Å². The first kappa shape index (κ1) is 20.5. The summed E-state index contributed by atoms with van der Waals surface area (Å²) in [6, 6.07) is 12.0. The molecule has 154 valence electrons. The minimum atomic E-state index is -0.271. The van der Waals surface area contributed by atoms with Crippen LogP contribution in [-0.4, -0.2) is 29.0 Å². The van der Waals surface area contributed by atoms with Crippen molar-refractivity contribution in [3.05, 3.63) is 70.7 Å². The zero-order valence-electron chi connectivity index (χ0n) is 16.6. The topological polar surface area (TPSA) is 58.1 Å². The molecule has 1 aliphatic rings. The molecule has 1 amide bonds. The standard InChI is InChI=1S/C23H22BrFN4O/c1-15-11-20(8-9-21(15)24)28-22(30)17-3-2-10-29(14-17)23-26-12-18(13-27-23)16-4-6-19(25)7-5-16/h4-9,11-13,17H,2-3,10,14H2,1H3,(H,28,30). The number of benzene rings is 2. The lowest BCUT2D eigenvalue weighted by atomic mass is 9.97. The predicted octanol–water partition coefficient (Wildman–Crippen LogP) is 5.21. The Morgan fingerprint density at radius 1 is 1.13 bits per heavy atom. The highest BCUT2D eigenvalue weighted by atomic mass is 79.9. The average molecular weight is 469 g/mol. The first-order valence-electron chi connectivity index (χ1n) is 9.89. The lowest BCUT2D eigenvalue weighted by molar-refractivity contribution is -0.120. The first-order valence-corrected chi connectivity index (χ1v) is 10.7. The van der Waals surface area contributed by atoms with Gasteiger partial charge in [-0.2, -0.15) is 0 Å². The smallest absolute Gasteiger partial charge is 0.229 e. The second-order valence-corrected chi connectivity index (χ2v) is 8.37. The van der Waals surface area contributed by atoms with E-state index in [9.17, 15) is 9.18 Å². The maximum absolute atomic E-state index is 13.1. The Morgan fingerprint density at radius 2 is 1.87 bits per heavy atom. The predicted molar refractivity (Wildman–Crippen MR) is 120 cm³/mol. The molecule has 30 heavy (non-hydrogen) atoms. The van der Waals surface area contributed by atoms with Crippen molar-refractivity contribution in [2.24, 2.45) is 5.92 Å². The Balaban J connectivity index is 1.42. The number of hydrogen-bond donors (Lipinski definition) is 1. The van der Waals surface area contributed by atoms with Crippen LogP contribution in [0.15, 0.2) is 59.3 Å². The fraction of sp³-hybridized carbons (Fsp3) is 0.261. The van der Waals surface area contributed by atoms with Crippen molar-refractivity contribution in [1.29, 1.82) is 0 Å². The van der Waals surface area contributed by atoms with Crippen LogP contribution in [-0.2, 0) is 4.79 Å². The molecular weight excluding hydrogens is 447 g/mol. The van der Waals surface area contributed by atoms with Gasteiger partial charge in [-0.25, -0.2) is 14.4 Å². The van der Waals surface area contributed by atoms with Gasteiger partial charge >= 0.3 is 0 Å². The van der Waals surface area contributed by atoms with Crippen LogP contribution < -0.4 is 10.2 Å².